The fraction of sp³-hybridized carbons (Fsp3) is 0.462. The van der Waals surface area contributed by atoms with Crippen LogP contribution in [-0.2, 0) is 4.79 Å². The Balaban J connectivity index is 1.89. The number of carboxylic acids is 1. The minimum absolute atomic E-state index is 0.0423. The van der Waals surface area contributed by atoms with Crippen molar-refractivity contribution in [2.24, 2.45) is 5.92 Å². The summed E-state index contributed by atoms with van der Waals surface area (Å²) < 4.78 is 12.9. The molecule has 2 N–H and O–H groups in total. The summed E-state index contributed by atoms with van der Waals surface area (Å²) in [7, 11) is 0. The molecule has 0 bridgehead atoms. The Morgan fingerprint density at radius 3 is 2.58 bits per heavy atom. The van der Waals surface area contributed by atoms with Crippen LogP contribution in [0.1, 0.15) is 36.0 Å². The minimum atomic E-state index is -0.777. The van der Waals surface area contributed by atoms with E-state index in [1.807, 2.05) is 0 Å². The van der Waals surface area contributed by atoms with E-state index in [1.165, 1.54) is 12.3 Å². The third kappa shape index (κ3) is 3.49. The van der Waals surface area contributed by atoms with Crippen molar-refractivity contribution in [1.29, 1.82) is 0 Å². The Morgan fingerprint density at radius 2 is 2.00 bits per heavy atom. The molecule has 0 atom stereocenters. The maximum absolute atomic E-state index is 12.9. The van der Waals surface area contributed by atoms with Crippen molar-refractivity contribution in [3.63, 3.8) is 0 Å². The molecule has 0 aromatic carbocycles. The Kier molecular flexibility index (Phi) is 4.09. The van der Waals surface area contributed by atoms with E-state index < -0.39 is 11.9 Å². The molecule has 0 aliphatic heterocycles. The number of rotatable bonds is 3. The lowest BCUT2D eigenvalue weighted by atomic mass is 9.86. The van der Waals surface area contributed by atoms with Crippen LogP contribution in [0.3, 0.4) is 0 Å². The summed E-state index contributed by atoms with van der Waals surface area (Å²) in [5.74, 6) is -2.13. The second-order valence-corrected chi connectivity index (χ2v) is 4.73. The van der Waals surface area contributed by atoms with E-state index in [0.717, 1.165) is 6.07 Å². The van der Waals surface area contributed by atoms with Gasteiger partial charge in [0, 0.05) is 23.9 Å². The molecule has 1 fully saturated rings. The van der Waals surface area contributed by atoms with E-state index in [0.29, 0.717) is 25.7 Å². The Bertz CT molecular complexity index is 485. The zero-order chi connectivity index (χ0) is 13.8. The number of nitrogens with one attached hydrogen (secondary N) is 1. The predicted molar refractivity (Wildman–Crippen MR) is 65.0 cm³/mol. The van der Waals surface area contributed by atoms with E-state index >= 15 is 0 Å². The highest BCUT2D eigenvalue weighted by Crippen LogP contribution is 2.24. The van der Waals surface area contributed by atoms with E-state index in [-0.39, 0.29) is 23.4 Å². The van der Waals surface area contributed by atoms with Crippen LogP contribution >= 0.6 is 0 Å². The van der Waals surface area contributed by atoms with Gasteiger partial charge in [-0.3, -0.25) is 9.59 Å². The fourth-order valence-electron chi connectivity index (χ4n) is 2.30. The molecule has 1 aliphatic carbocycles. The monoisotopic (exact) mass is 266 g/mol. The van der Waals surface area contributed by atoms with Gasteiger partial charge >= 0.3 is 5.97 Å². The van der Waals surface area contributed by atoms with Gasteiger partial charge in [-0.2, -0.15) is 4.39 Å². The molecule has 1 aromatic heterocycles. The van der Waals surface area contributed by atoms with Gasteiger partial charge < -0.3 is 10.4 Å². The van der Waals surface area contributed by atoms with Crippen molar-refractivity contribution in [2.45, 2.75) is 31.7 Å². The first-order chi connectivity index (χ1) is 9.06. The summed E-state index contributed by atoms with van der Waals surface area (Å²) in [6.07, 6.45) is 3.63. The van der Waals surface area contributed by atoms with Gasteiger partial charge in [-0.1, -0.05) is 0 Å². The third-order valence-electron chi connectivity index (χ3n) is 3.40. The first kappa shape index (κ1) is 13.5. The van der Waals surface area contributed by atoms with Crippen LogP contribution in [0.2, 0.25) is 0 Å². The molecule has 102 valence electrons. The van der Waals surface area contributed by atoms with Gasteiger partial charge in [0.15, 0.2) is 0 Å². The molecular weight excluding hydrogens is 251 g/mol. The van der Waals surface area contributed by atoms with Gasteiger partial charge in [-0.05, 0) is 31.7 Å². The number of pyridine rings is 1. The summed E-state index contributed by atoms with van der Waals surface area (Å²) in [6, 6.07) is 2.48. The smallest absolute Gasteiger partial charge is 0.306 e. The minimum Gasteiger partial charge on any atom is -0.481 e. The maximum atomic E-state index is 12.9. The summed E-state index contributed by atoms with van der Waals surface area (Å²) in [5.41, 5.74) is 0.229. The van der Waals surface area contributed by atoms with Crippen LogP contribution in [0.5, 0.6) is 0 Å². The van der Waals surface area contributed by atoms with Crippen molar-refractivity contribution in [2.75, 3.05) is 0 Å². The van der Waals surface area contributed by atoms with Gasteiger partial charge in [0.25, 0.3) is 5.91 Å². The number of hydrogen-bond donors (Lipinski definition) is 2. The lowest BCUT2D eigenvalue weighted by Crippen LogP contribution is -2.38. The number of aromatic nitrogens is 1. The van der Waals surface area contributed by atoms with Gasteiger partial charge in [0.2, 0.25) is 5.95 Å². The molecule has 0 unspecified atom stereocenters. The second-order valence-electron chi connectivity index (χ2n) is 4.73. The number of halogens is 1. The number of carbonyl (C=O) groups excluding carboxylic acids is 1. The summed E-state index contributed by atoms with van der Waals surface area (Å²) >= 11 is 0. The lowest BCUT2D eigenvalue weighted by molar-refractivity contribution is -0.142. The number of carbonyl (C=O) groups is 2. The zero-order valence-corrected chi connectivity index (χ0v) is 10.3. The van der Waals surface area contributed by atoms with Crippen molar-refractivity contribution < 1.29 is 19.1 Å². The first-order valence-electron chi connectivity index (χ1n) is 6.21. The van der Waals surface area contributed by atoms with Crippen LogP contribution in [0.4, 0.5) is 4.39 Å². The highest BCUT2D eigenvalue weighted by molar-refractivity contribution is 5.94. The van der Waals surface area contributed by atoms with Crippen LogP contribution in [0.15, 0.2) is 18.3 Å². The average molecular weight is 266 g/mol. The fourth-order valence-corrected chi connectivity index (χ4v) is 2.30. The van der Waals surface area contributed by atoms with Crippen LogP contribution in [0, 0.1) is 11.9 Å². The largest absolute Gasteiger partial charge is 0.481 e. The summed E-state index contributed by atoms with van der Waals surface area (Å²) in [6.45, 7) is 0. The van der Waals surface area contributed by atoms with Gasteiger partial charge in [-0.25, -0.2) is 4.98 Å². The normalized spacial score (nSPS) is 22.8. The van der Waals surface area contributed by atoms with E-state index in [2.05, 4.69) is 10.3 Å². The Labute approximate surface area is 109 Å². The Morgan fingerprint density at radius 1 is 1.32 bits per heavy atom. The molecule has 1 aliphatic rings. The van der Waals surface area contributed by atoms with Crippen molar-refractivity contribution in [3.8, 4) is 0 Å². The molecule has 1 heterocycles. The highest BCUT2D eigenvalue weighted by atomic mass is 19.1. The zero-order valence-electron chi connectivity index (χ0n) is 10.3. The van der Waals surface area contributed by atoms with Gasteiger partial charge in [0.05, 0.1) is 5.92 Å². The molecule has 19 heavy (non-hydrogen) atoms. The second kappa shape index (κ2) is 5.77. The Hall–Kier alpha value is -1.98. The van der Waals surface area contributed by atoms with E-state index in [1.54, 1.807) is 0 Å². The van der Waals surface area contributed by atoms with Crippen molar-refractivity contribution in [3.05, 3.63) is 29.8 Å². The van der Waals surface area contributed by atoms with Crippen LogP contribution in [-0.4, -0.2) is 28.0 Å². The van der Waals surface area contributed by atoms with Gasteiger partial charge in [0.1, 0.15) is 0 Å². The summed E-state index contributed by atoms with van der Waals surface area (Å²) in [4.78, 5) is 26.1. The molecule has 1 amide bonds. The highest BCUT2D eigenvalue weighted by Gasteiger charge is 2.26. The van der Waals surface area contributed by atoms with E-state index in [4.69, 9.17) is 5.11 Å². The molecule has 0 radical (unpaired) electrons. The molecular formula is C13H15FN2O3. The van der Waals surface area contributed by atoms with Crippen LogP contribution in [0.25, 0.3) is 0 Å². The SMILES string of the molecule is O=C(NC1CCC(C(=O)O)CC1)c1ccnc(F)c1. The molecule has 6 heteroatoms. The molecule has 2 rings (SSSR count). The lowest BCUT2D eigenvalue weighted by Gasteiger charge is -2.26. The molecule has 0 spiro atoms. The molecule has 0 saturated heterocycles. The predicted octanol–water partition coefficient (Wildman–Crippen LogP) is 1.59. The quantitative estimate of drug-likeness (QED) is 0.814. The van der Waals surface area contributed by atoms with E-state index in [9.17, 15) is 14.0 Å². The molecule has 1 aromatic rings. The van der Waals surface area contributed by atoms with Crippen LogP contribution < -0.4 is 5.32 Å². The maximum Gasteiger partial charge on any atom is 0.306 e. The standard InChI is InChI=1S/C13H15FN2O3/c14-11-7-9(5-6-15-11)12(17)16-10-3-1-8(2-4-10)13(18)19/h5-8,10H,1-4H2,(H,16,17)(H,18,19). The number of hydrogen-bond acceptors (Lipinski definition) is 3. The first-order valence-corrected chi connectivity index (χ1v) is 6.21. The number of nitrogens with zero attached hydrogens (tertiary/aromatic N) is 1. The summed E-state index contributed by atoms with van der Waals surface area (Å²) in [5, 5.41) is 11.7. The van der Waals surface area contributed by atoms with Crippen molar-refractivity contribution in [1.82, 2.24) is 10.3 Å². The van der Waals surface area contributed by atoms with Crippen molar-refractivity contribution >= 4 is 11.9 Å². The number of carboxylic acid groups (broad SMARTS) is 1. The average Bonchev–Trinajstić information content (AvgIpc) is 2.39. The topological polar surface area (TPSA) is 79.3 Å². The number of aliphatic carboxylic acids is 1. The molecule has 1 saturated carbocycles. The third-order valence-corrected chi connectivity index (χ3v) is 3.40. The number of amides is 1. The van der Waals surface area contributed by atoms with Gasteiger partial charge in [-0.15, -0.1) is 0 Å². The molecule has 5 nitrogen and oxygen atoms in total.